The molecule has 1 amide bonds. The summed E-state index contributed by atoms with van der Waals surface area (Å²) in [5.74, 6) is 0.518. The van der Waals surface area contributed by atoms with E-state index < -0.39 is 0 Å². The molecule has 0 spiro atoms. The minimum Gasteiger partial charge on any atom is -0.493 e. The molecule has 0 aliphatic carbocycles. The number of amides is 1. The Morgan fingerprint density at radius 1 is 1.18 bits per heavy atom. The van der Waals surface area contributed by atoms with E-state index in [0.717, 1.165) is 16.9 Å². The number of benzene rings is 2. The normalized spacial score (nSPS) is 11.7. The molecule has 3 rings (SSSR count). The van der Waals surface area contributed by atoms with Gasteiger partial charge in [-0.15, -0.1) is 0 Å². The Hall–Kier alpha value is -3.35. The lowest BCUT2D eigenvalue weighted by atomic mass is 10.1. The summed E-state index contributed by atoms with van der Waals surface area (Å²) in [5.41, 5.74) is 2.49. The van der Waals surface area contributed by atoms with Crippen LogP contribution in [-0.2, 0) is 4.79 Å². The summed E-state index contributed by atoms with van der Waals surface area (Å²) < 4.78 is 25.6. The molecular formula is C21H22FN3O3. The molecule has 6 nitrogen and oxygen atoms in total. The average molecular weight is 383 g/mol. The summed E-state index contributed by atoms with van der Waals surface area (Å²) in [4.78, 5) is 12.3. The number of methoxy groups -OCH3 is 1. The van der Waals surface area contributed by atoms with E-state index in [-0.39, 0.29) is 24.4 Å². The molecule has 1 unspecified atom stereocenters. The maximum Gasteiger partial charge on any atom is 0.258 e. The van der Waals surface area contributed by atoms with Crippen molar-refractivity contribution in [3.8, 4) is 17.2 Å². The quantitative estimate of drug-likeness (QED) is 0.677. The van der Waals surface area contributed by atoms with Crippen LogP contribution in [0.3, 0.4) is 0 Å². The van der Waals surface area contributed by atoms with E-state index in [2.05, 4.69) is 10.4 Å². The van der Waals surface area contributed by atoms with Crippen LogP contribution in [-0.4, -0.2) is 29.4 Å². The van der Waals surface area contributed by atoms with Crippen molar-refractivity contribution in [1.82, 2.24) is 15.1 Å². The fourth-order valence-electron chi connectivity index (χ4n) is 2.93. The van der Waals surface area contributed by atoms with Crippen molar-refractivity contribution in [2.45, 2.75) is 19.9 Å². The van der Waals surface area contributed by atoms with Crippen LogP contribution in [0.2, 0.25) is 0 Å². The Balaban J connectivity index is 1.63. The van der Waals surface area contributed by atoms with Crippen molar-refractivity contribution in [1.29, 1.82) is 0 Å². The largest absolute Gasteiger partial charge is 0.493 e. The predicted octanol–water partition coefficient (Wildman–Crippen LogP) is 3.58. The Morgan fingerprint density at radius 2 is 1.86 bits per heavy atom. The highest BCUT2D eigenvalue weighted by molar-refractivity contribution is 5.78. The van der Waals surface area contributed by atoms with Crippen molar-refractivity contribution >= 4 is 5.91 Å². The highest BCUT2D eigenvalue weighted by Crippen LogP contribution is 2.25. The molecule has 0 saturated heterocycles. The molecule has 0 bridgehead atoms. The van der Waals surface area contributed by atoms with Gasteiger partial charge in [0.05, 0.1) is 25.0 Å². The summed E-state index contributed by atoms with van der Waals surface area (Å²) in [6.07, 6.45) is 1.70. The van der Waals surface area contributed by atoms with Gasteiger partial charge < -0.3 is 14.8 Å². The minimum atomic E-state index is -0.301. The number of halogens is 1. The van der Waals surface area contributed by atoms with Gasteiger partial charge in [-0.1, -0.05) is 12.1 Å². The number of hydrogen-bond donors (Lipinski definition) is 1. The monoisotopic (exact) mass is 383 g/mol. The summed E-state index contributed by atoms with van der Waals surface area (Å²) in [6.45, 7) is 3.65. The Morgan fingerprint density at radius 3 is 2.54 bits per heavy atom. The molecule has 1 atom stereocenters. The van der Waals surface area contributed by atoms with Crippen LogP contribution in [0.4, 0.5) is 4.39 Å². The lowest BCUT2D eigenvalue weighted by Crippen LogP contribution is -2.31. The van der Waals surface area contributed by atoms with Crippen molar-refractivity contribution in [2.75, 3.05) is 13.7 Å². The number of nitrogens with one attached hydrogen (secondary N) is 1. The van der Waals surface area contributed by atoms with E-state index in [1.165, 1.54) is 12.1 Å². The number of carbonyl (C=O) groups excluding carboxylic acids is 1. The summed E-state index contributed by atoms with van der Waals surface area (Å²) >= 11 is 0. The van der Waals surface area contributed by atoms with Gasteiger partial charge in [0.25, 0.3) is 5.91 Å². The molecule has 7 heteroatoms. The van der Waals surface area contributed by atoms with Gasteiger partial charge in [-0.3, -0.25) is 4.79 Å². The fraction of sp³-hybridized carbons (Fsp3) is 0.238. The molecule has 0 aliphatic rings. The minimum absolute atomic E-state index is 0.129. The van der Waals surface area contributed by atoms with Crippen molar-refractivity contribution < 1.29 is 18.7 Å². The van der Waals surface area contributed by atoms with Gasteiger partial charge in [0.1, 0.15) is 5.82 Å². The van der Waals surface area contributed by atoms with Crippen LogP contribution < -0.4 is 14.8 Å². The summed E-state index contributed by atoms with van der Waals surface area (Å²) in [6, 6.07) is 13.0. The van der Waals surface area contributed by atoms with E-state index in [4.69, 9.17) is 9.47 Å². The third-order valence-corrected chi connectivity index (χ3v) is 4.39. The highest BCUT2D eigenvalue weighted by Gasteiger charge is 2.17. The van der Waals surface area contributed by atoms with E-state index in [0.29, 0.717) is 11.5 Å². The van der Waals surface area contributed by atoms with Crippen molar-refractivity contribution in [2.24, 2.45) is 0 Å². The van der Waals surface area contributed by atoms with Gasteiger partial charge >= 0.3 is 0 Å². The maximum absolute atomic E-state index is 13.1. The van der Waals surface area contributed by atoms with Gasteiger partial charge in [-0.2, -0.15) is 5.10 Å². The molecule has 3 aromatic rings. The van der Waals surface area contributed by atoms with E-state index in [1.807, 2.05) is 26.0 Å². The van der Waals surface area contributed by atoms with Gasteiger partial charge in [-0.05, 0) is 50.2 Å². The third kappa shape index (κ3) is 4.31. The molecule has 2 aromatic carbocycles. The second kappa shape index (κ2) is 8.56. The van der Waals surface area contributed by atoms with Crippen molar-refractivity contribution in [3.05, 3.63) is 71.8 Å². The SMILES string of the molecule is COc1ccccc1OCC(=O)NC(C)c1cnn(-c2ccc(F)cc2)c1C. The van der Waals surface area contributed by atoms with E-state index in [9.17, 15) is 9.18 Å². The lowest BCUT2D eigenvalue weighted by molar-refractivity contribution is -0.123. The Bertz CT molecular complexity index is 954. The van der Waals surface area contributed by atoms with Crippen LogP contribution in [0.1, 0.15) is 24.2 Å². The average Bonchev–Trinajstić information content (AvgIpc) is 3.08. The lowest BCUT2D eigenvalue weighted by Gasteiger charge is -2.15. The van der Waals surface area contributed by atoms with E-state index in [1.54, 1.807) is 42.3 Å². The molecule has 146 valence electrons. The molecule has 1 N–H and O–H groups in total. The van der Waals surface area contributed by atoms with Crippen LogP contribution in [0, 0.1) is 12.7 Å². The molecular weight excluding hydrogens is 361 g/mol. The first-order valence-corrected chi connectivity index (χ1v) is 8.85. The van der Waals surface area contributed by atoms with Crippen LogP contribution in [0.25, 0.3) is 5.69 Å². The number of aromatic nitrogens is 2. The molecule has 0 radical (unpaired) electrons. The van der Waals surface area contributed by atoms with Crippen LogP contribution in [0.5, 0.6) is 11.5 Å². The van der Waals surface area contributed by atoms with Crippen LogP contribution >= 0.6 is 0 Å². The summed E-state index contributed by atoms with van der Waals surface area (Å²) in [5, 5.41) is 7.26. The molecule has 1 heterocycles. The molecule has 0 fully saturated rings. The Kier molecular flexibility index (Phi) is 5.93. The fourth-order valence-corrected chi connectivity index (χ4v) is 2.93. The number of nitrogens with zero attached hydrogens (tertiary/aromatic N) is 2. The predicted molar refractivity (Wildman–Crippen MR) is 103 cm³/mol. The van der Waals surface area contributed by atoms with Gasteiger partial charge in [-0.25, -0.2) is 9.07 Å². The molecule has 28 heavy (non-hydrogen) atoms. The van der Waals surface area contributed by atoms with Gasteiger partial charge in [0.2, 0.25) is 0 Å². The number of ether oxygens (including phenoxy) is 2. The zero-order valence-corrected chi connectivity index (χ0v) is 16.0. The second-order valence-corrected chi connectivity index (χ2v) is 6.30. The van der Waals surface area contributed by atoms with Crippen molar-refractivity contribution in [3.63, 3.8) is 0 Å². The first kappa shape index (κ1) is 19.4. The second-order valence-electron chi connectivity index (χ2n) is 6.30. The number of carbonyl (C=O) groups is 1. The number of para-hydroxylation sites is 2. The first-order valence-electron chi connectivity index (χ1n) is 8.85. The molecule has 1 aromatic heterocycles. The molecule has 0 aliphatic heterocycles. The third-order valence-electron chi connectivity index (χ3n) is 4.39. The van der Waals surface area contributed by atoms with E-state index >= 15 is 0 Å². The van der Waals surface area contributed by atoms with Gasteiger partial charge in [0.15, 0.2) is 18.1 Å². The smallest absolute Gasteiger partial charge is 0.258 e. The maximum atomic E-state index is 13.1. The van der Waals surface area contributed by atoms with Gasteiger partial charge in [0, 0.05) is 11.3 Å². The standard InChI is InChI=1S/C21H22FN3O3/c1-14(24-21(26)13-28-20-7-5-4-6-19(20)27-3)18-12-23-25(15(18)2)17-10-8-16(22)9-11-17/h4-12,14H,13H2,1-3H3,(H,24,26). The summed E-state index contributed by atoms with van der Waals surface area (Å²) in [7, 11) is 1.55. The highest BCUT2D eigenvalue weighted by atomic mass is 19.1. The topological polar surface area (TPSA) is 65.4 Å². The van der Waals surface area contributed by atoms with Crippen LogP contribution in [0.15, 0.2) is 54.7 Å². The Labute approximate surface area is 162 Å². The number of hydrogen-bond acceptors (Lipinski definition) is 4. The zero-order chi connectivity index (χ0) is 20.1. The first-order chi connectivity index (χ1) is 13.5. The zero-order valence-electron chi connectivity index (χ0n) is 16.0. The molecule has 0 saturated carbocycles. The number of rotatable bonds is 7.